The zero-order valence-corrected chi connectivity index (χ0v) is 10.9. The second kappa shape index (κ2) is 5.08. The van der Waals surface area contributed by atoms with Crippen molar-refractivity contribution in [2.45, 2.75) is 38.8 Å². The van der Waals surface area contributed by atoms with Gasteiger partial charge < -0.3 is 14.8 Å². The number of aromatic nitrogens is 2. The van der Waals surface area contributed by atoms with E-state index in [0.717, 1.165) is 23.3 Å². The lowest BCUT2D eigenvalue weighted by Gasteiger charge is -2.20. The third-order valence-corrected chi connectivity index (χ3v) is 2.84. The number of rotatable bonds is 5. The summed E-state index contributed by atoms with van der Waals surface area (Å²) >= 11 is 0. The van der Waals surface area contributed by atoms with Crippen LogP contribution in [-0.2, 0) is 13.0 Å². The van der Waals surface area contributed by atoms with Gasteiger partial charge in [0.15, 0.2) is 0 Å². The van der Waals surface area contributed by atoms with Crippen LogP contribution in [0, 0.1) is 0 Å². The zero-order valence-electron chi connectivity index (χ0n) is 10.9. The van der Waals surface area contributed by atoms with Gasteiger partial charge in [0.2, 0.25) is 0 Å². The Hall–Kier alpha value is -1.39. The van der Waals surface area contributed by atoms with Crippen LogP contribution >= 0.6 is 0 Å². The van der Waals surface area contributed by atoms with Gasteiger partial charge in [-0.05, 0) is 32.4 Å². The Kier molecular flexibility index (Phi) is 3.68. The summed E-state index contributed by atoms with van der Waals surface area (Å²) in [6.45, 7) is 4.25. The van der Waals surface area contributed by atoms with Crippen LogP contribution in [0.15, 0.2) is 24.3 Å². The fourth-order valence-electron chi connectivity index (χ4n) is 2.12. The molecule has 0 aliphatic heterocycles. The molecule has 1 aromatic heterocycles. The number of fused-ring (bicyclic) bond motifs is 1. The normalized spacial score (nSPS) is 12.2. The number of hydrogen-bond acceptors (Lipinski definition) is 3. The van der Waals surface area contributed by atoms with E-state index in [4.69, 9.17) is 5.11 Å². The number of benzene rings is 1. The molecule has 2 aromatic rings. The molecule has 0 bridgehead atoms. The Morgan fingerprint density at radius 3 is 2.67 bits per heavy atom. The van der Waals surface area contributed by atoms with Gasteiger partial charge in [0, 0.05) is 13.0 Å². The summed E-state index contributed by atoms with van der Waals surface area (Å²) in [6, 6.07) is 7.91. The predicted molar refractivity (Wildman–Crippen MR) is 71.4 cm³/mol. The lowest BCUT2D eigenvalue weighted by molar-refractivity contribution is 0.0617. The molecule has 4 nitrogen and oxygen atoms in total. The molecule has 0 saturated heterocycles. The standard InChI is InChI=1S/C14H20N2O2/c1-14(2,18)10-16-12-7-4-3-6-11(12)15-13(16)8-5-9-17/h3-4,6-7,17-18H,5,8-10H2,1-2H3. The van der Waals surface area contributed by atoms with Gasteiger partial charge >= 0.3 is 0 Å². The van der Waals surface area contributed by atoms with E-state index in [0.29, 0.717) is 13.0 Å². The number of aliphatic hydroxyl groups is 2. The van der Waals surface area contributed by atoms with Crippen molar-refractivity contribution >= 4 is 11.0 Å². The number of nitrogens with zero attached hydrogens (tertiary/aromatic N) is 2. The first kappa shape index (κ1) is 13.1. The molecule has 1 heterocycles. The SMILES string of the molecule is CC(C)(O)Cn1c(CCCO)nc2ccccc21. The molecule has 0 atom stereocenters. The topological polar surface area (TPSA) is 58.3 Å². The molecule has 98 valence electrons. The Morgan fingerprint density at radius 1 is 1.28 bits per heavy atom. The van der Waals surface area contributed by atoms with E-state index in [1.807, 2.05) is 28.8 Å². The van der Waals surface area contributed by atoms with Crippen molar-refractivity contribution in [3.63, 3.8) is 0 Å². The van der Waals surface area contributed by atoms with E-state index in [1.54, 1.807) is 13.8 Å². The van der Waals surface area contributed by atoms with Gasteiger partial charge in [0.25, 0.3) is 0 Å². The summed E-state index contributed by atoms with van der Waals surface area (Å²) in [5, 5.41) is 18.9. The third-order valence-electron chi connectivity index (χ3n) is 2.84. The number of aryl methyl sites for hydroxylation is 1. The monoisotopic (exact) mass is 248 g/mol. The van der Waals surface area contributed by atoms with Crippen molar-refractivity contribution in [3.8, 4) is 0 Å². The molecule has 18 heavy (non-hydrogen) atoms. The van der Waals surface area contributed by atoms with Crippen LogP contribution in [0.3, 0.4) is 0 Å². The average molecular weight is 248 g/mol. The van der Waals surface area contributed by atoms with Crippen molar-refractivity contribution in [2.24, 2.45) is 0 Å². The highest BCUT2D eigenvalue weighted by Gasteiger charge is 2.18. The summed E-state index contributed by atoms with van der Waals surface area (Å²) in [7, 11) is 0. The molecule has 0 fully saturated rings. The van der Waals surface area contributed by atoms with Crippen LogP contribution in [-0.4, -0.2) is 32.0 Å². The minimum absolute atomic E-state index is 0.158. The summed E-state index contributed by atoms with van der Waals surface area (Å²) in [6.07, 6.45) is 1.41. The first-order chi connectivity index (χ1) is 8.51. The number of aliphatic hydroxyl groups excluding tert-OH is 1. The molecule has 0 radical (unpaired) electrons. The highest BCUT2D eigenvalue weighted by molar-refractivity contribution is 5.75. The highest BCUT2D eigenvalue weighted by atomic mass is 16.3. The first-order valence-corrected chi connectivity index (χ1v) is 6.28. The Labute approximate surface area is 107 Å². The Bertz CT molecular complexity index is 526. The molecule has 1 aromatic carbocycles. The first-order valence-electron chi connectivity index (χ1n) is 6.28. The summed E-state index contributed by atoms with van der Waals surface area (Å²) in [5.74, 6) is 0.923. The van der Waals surface area contributed by atoms with E-state index < -0.39 is 5.60 Å². The van der Waals surface area contributed by atoms with Crippen molar-refractivity contribution in [3.05, 3.63) is 30.1 Å². The van der Waals surface area contributed by atoms with Crippen LogP contribution in [0.1, 0.15) is 26.1 Å². The van der Waals surface area contributed by atoms with Crippen LogP contribution in [0.4, 0.5) is 0 Å². The Morgan fingerprint density at radius 2 is 2.00 bits per heavy atom. The lowest BCUT2D eigenvalue weighted by atomic mass is 10.1. The molecule has 0 unspecified atom stereocenters. The molecular weight excluding hydrogens is 228 g/mol. The molecule has 2 N–H and O–H groups in total. The predicted octanol–water partition coefficient (Wildman–Crippen LogP) is 1.73. The van der Waals surface area contributed by atoms with Crippen molar-refractivity contribution in [1.29, 1.82) is 0 Å². The summed E-state index contributed by atoms with van der Waals surface area (Å²) in [4.78, 5) is 4.58. The number of para-hydroxylation sites is 2. The molecule has 0 aliphatic carbocycles. The molecule has 0 saturated carbocycles. The second-order valence-corrected chi connectivity index (χ2v) is 5.24. The van der Waals surface area contributed by atoms with Crippen LogP contribution in [0.25, 0.3) is 11.0 Å². The molecular formula is C14H20N2O2. The van der Waals surface area contributed by atoms with Crippen LogP contribution in [0.5, 0.6) is 0 Å². The highest BCUT2D eigenvalue weighted by Crippen LogP contribution is 2.20. The van der Waals surface area contributed by atoms with E-state index >= 15 is 0 Å². The second-order valence-electron chi connectivity index (χ2n) is 5.24. The number of imidazole rings is 1. The molecule has 0 aliphatic rings. The fraction of sp³-hybridized carbons (Fsp3) is 0.500. The average Bonchev–Trinajstić information content (AvgIpc) is 2.63. The van der Waals surface area contributed by atoms with Crippen molar-refractivity contribution in [2.75, 3.05) is 6.61 Å². The minimum atomic E-state index is -0.780. The minimum Gasteiger partial charge on any atom is -0.396 e. The molecule has 0 spiro atoms. The maximum atomic E-state index is 10.0. The zero-order chi connectivity index (χ0) is 13.2. The van der Waals surface area contributed by atoms with Gasteiger partial charge in [0.05, 0.1) is 23.2 Å². The lowest BCUT2D eigenvalue weighted by Crippen LogP contribution is -2.27. The van der Waals surface area contributed by atoms with Gasteiger partial charge in [0.1, 0.15) is 5.82 Å². The number of hydrogen-bond donors (Lipinski definition) is 2. The quantitative estimate of drug-likeness (QED) is 0.847. The van der Waals surface area contributed by atoms with Gasteiger partial charge in [-0.3, -0.25) is 0 Å². The van der Waals surface area contributed by atoms with Gasteiger partial charge in [-0.2, -0.15) is 0 Å². The van der Waals surface area contributed by atoms with E-state index in [9.17, 15) is 5.11 Å². The maximum Gasteiger partial charge on any atom is 0.110 e. The Balaban J connectivity index is 2.44. The maximum absolute atomic E-state index is 10.0. The van der Waals surface area contributed by atoms with E-state index in [-0.39, 0.29) is 6.61 Å². The third kappa shape index (κ3) is 2.89. The van der Waals surface area contributed by atoms with Crippen molar-refractivity contribution < 1.29 is 10.2 Å². The van der Waals surface area contributed by atoms with Crippen LogP contribution in [0.2, 0.25) is 0 Å². The summed E-state index contributed by atoms with van der Waals surface area (Å²) in [5.41, 5.74) is 1.19. The van der Waals surface area contributed by atoms with Crippen molar-refractivity contribution in [1.82, 2.24) is 9.55 Å². The summed E-state index contributed by atoms with van der Waals surface area (Å²) < 4.78 is 2.05. The fourth-order valence-corrected chi connectivity index (χ4v) is 2.12. The molecule has 4 heteroatoms. The van der Waals surface area contributed by atoms with E-state index in [2.05, 4.69) is 4.98 Å². The van der Waals surface area contributed by atoms with Gasteiger partial charge in [-0.1, -0.05) is 12.1 Å². The molecule has 0 amide bonds. The van der Waals surface area contributed by atoms with Crippen LogP contribution < -0.4 is 0 Å². The van der Waals surface area contributed by atoms with E-state index in [1.165, 1.54) is 0 Å². The smallest absolute Gasteiger partial charge is 0.110 e. The van der Waals surface area contributed by atoms with Gasteiger partial charge in [-0.25, -0.2) is 4.98 Å². The molecule has 2 rings (SSSR count). The largest absolute Gasteiger partial charge is 0.396 e. The van der Waals surface area contributed by atoms with Gasteiger partial charge in [-0.15, -0.1) is 0 Å².